The van der Waals surface area contributed by atoms with Crippen molar-refractivity contribution < 1.29 is 19.4 Å². The standard InChI is InChI=1S/C14H19NO4/c1-14(2,13(16)17)5-6-15-8-10-3-4-11-12(7-10)19-9-18-11/h3-4,7,15H,5-6,8-9H2,1-2H3,(H,16,17). The van der Waals surface area contributed by atoms with Gasteiger partial charge in [-0.3, -0.25) is 4.79 Å². The molecule has 104 valence electrons. The van der Waals surface area contributed by atoms with Gasteiger partial charge in [-0.15, -0.1) is 0 Å². The highest BCUT2D eigenvalue weighted by atomic mass is 16.7. The molecule has 1 aliphatic heterocycles. The second kappa shape index (κ2) is 5.48. The molecule has 1 heterocycles. The average molecular weight is 265 g/mol. The average Bonchev–Trinajstić information content (AvgIpc) is 2.81. The van der Waals surface area contributed by atoms with Gasteiger partial charge in [0, 0.05) is 6.54 Å². The molecule has 2 rings (SSSR count). The minimum absolute atomic E-state index is 0.277. The largest absolute Gasteiger partial charge is 0.481 e. The molecule has 1 aromatic rings. The molecule has 19 heavy (non-hydrogen) atoms. The van der Waals surface area contributed by atoms with E-state index in [9.17, 15) is 4.79 Å². The predicted octanol–water partition coefficient (Wildman–Crippen LogP) is 2.01. The van der Waals surface area contributed by atoms with E-state index in [0.717, 1.165) is 17.1 Å². The molecule has 0 spiro atoms. The molecule has 0 saturated carbocycles. The number of nitrogens with one attached hydrogen (secondary N) is 1. The minimum Gasteiger partial charge on any atom is -0.481 e. The number of carbonyl (C=O) groups is 1. The van der Waals surface area contributed by atoms with Crippen molar-refractivity contribution in [2.45, 2.75) is 26.8 Å². The lowest BCUT2D eigenvalue weighted by Crippen LogP contribution is -2.28. The van der Waals surface area contributed by atoms with Crippen LogP contribution in [0.5, 0.6) is 11.5 Å². The molecule has 0 fully saturated rings. The first-order chi connectivity index (χ1) is 8.99. The van der Waals surface area contributed by atoms with Gasteiger partial charge in [-0.1, -0.05) is 6.07 Å². The van der Waals surface area contributed by atoms with Crippen LogP contribution in [-0.2, 0) is 11.3 Å². The lowest BCUT2D eigenvalue weighted by Gasteiger charge is -2.18. The summed E-state index contributed by atoms with van der Waals surface area (Å²) >= 11 is 0. The molecule has 1 aliphatic rings. The highest BCUT2D eigenvalue weighted by Gasteiger charge is 2.26. The van der Waals surface area contributed by atoms with Gasteiger partial charge in [0.15, 0.2) is 11.5 Å². The van der Waals surface area contributed by atoms with Crippen LogP contribution in [0.4, 0.5) is 0 Å². The van der Waals surface area contributed by atoms with Crippen LogP contribution >= 0.6 is 0 Å². The lowest BCUT2D eigenvalue weighted by molar-refractivity contribution is -0.147. The third-order valence-electron chi connectivity index (χ3n) is 3.27. The summed E-state index contributed by atoms with van der Waals surface area (Å²) < 4.78 is 10.5. The Morgan fingerprint density at radius 2 is 2.11 bits per heavy atom. The van der Waals surface area contributed by atoms with Crippen molar-refractivity contribution in [3.8, 4) is 11.5 Å². The third kappa shape index (κ3) is 3.38. The van der Waals surface area contributed by atoms with E-state index in [4.69, 9.17) is 14.6 Å². The Labute approximate surface area is 112 Å². The maximum Gasteiger partial charge on any atom is 0.309 e. The summed E-state index contributed by atoms with van der Waals surface area (Å²) in [4.78, 5) is 11.0. The summed E-state index contributed by atoms with van der Waals surface area (Å²) in [6.45, 7) is 5.09. The number of fused-ring (bicyclic) bond motifs is 1. The molecule has 0 saturated heterocycles. The van der Waals surface area contributed by atoms with Crippen LogP contribution in [0.1, 0.15) is 25.8 Å². The molecule has 2 N–H and O–H groups in total. The van der Waals surface area contributed by atoms with E-state index in [0.29, 0.717) is 19.5 Å². The first-order valence-corrected chi connectivity index (χ1v) is 6.32. The smallest absolute Gasteiger partial charge is 0.309 e. The van der Waals surface area contributed by atoms with Gasteiger partial charge < -0.3 is 19.9 Å². The predicted molar refractivity (Wildman–Crippen MR) is 70.3 cm³/mol. The lowest BCUT2D eigenvalue weighted by atomic mass is 9.90. The maximum atomic E-state index is 11.0. The number of benzene rings is 1. The van der Waals surface area contributed by atoms with Crippen LogP contribution in [0, 0.1) is 5.41 Å². The highest BCUT2D eigenvalue weighted by Crippen LogP contribution is 2.32. The molecule has 5 heteroatoms. The van der Waals surface area contributed by atoms with E-state index < -0.39 is 11.4 Å². The van der Waals surface area contributed by atoms with E-state index in [-0.39, 0.29) is 6.79 Å². The van der Waals surface area contributed by atoms with Crippen molar-refractivity contribution in [2.75, 3.05) is 13.3 Å². The topological polar surface area (TPSA) is 67.8 Å². The fourth-order valence-corrected chi connectivity index (χ4v) is 1.79. The van der Waals surface area contributed by atoms with Crippen LogP contribution in [0.2, 0.25) is 0 Å². The Hall–Kier alpha value is -1.75. The quantitative estimate of drug-likeness (QED) is 0.770. The number of rotatable bonds is 6. The summed E-state index contributed by atoms with van der Waals surface area (Å²) in [6, 6.07) is 5.81. The van der Waals surface area contributed by atoms with Crippen LogP contribution in [0.3, 0.4) is 0 Å². The molecule has 0 radical (unpaired) electrons. The van der Waals surface area contributed by atoms with Gasteiger partial charge in [0.05, 0.1) is 5.41 Å². The summed E-state index contributed by atoms with van der Waals surface area (Å²) in [5.74, 6) is 0.776. The zero-order chi connectivity index (χ0) is 13.9. The fourth-order valence-electron chi connectivity index (χ4n) is 1.79. The molecule has 0 atom stereocenters. The van der Waals surface area contributed by atoms with E-state index in [1.165, 1.54) is 0 Å². The van der Waals surface area contributed by atoms with Crippen molar-refractivity contribution in [2.24, 2.45) is 5.41 Å². The van der Waals surface area contributed by atoms with E-state index in [2.05, 4.69) is 5.32 Å². The van der Waals surface area contributed by atoms with Crippen molar-refractivity contribution >= 4 is 5.97 Å². The molecule has 0 amide bonds. The maximum absolute atomic E-state index is 11.0. The molecule has 5 nitrogen and oxygen atoms in total. The van der Waals surface area contributed by atoms with Gasteiger partial charge in [-0.05, 0) is 44.5 Å². The molecule has 1 aromatic carbocycles. The van der Waals surface area contributed by atoms with Gasteiger partial charge in [0.2, 0.25) is 6.79 Å². The van der Waals surface area contributed by atoms with Crippen molar-refractivity contribution in [1.82, 2.24) is 5.32 Å². The van der Waals surface area contributed by atoms with Crippen LogP contribution in [0.15, 0.2) is 18.2 Å². The number of hydrogen-bond acceptors (Lipinski definition) is 4. The molecular formula is C14H19NO4. The van der Waals surface area contributed by atoms with Crippen molar-refractivity contribution in [3.63, 3.8) is 0 Å². The first-order valence-electron chi connectivity index (χ1n) is 6.32. The summed E-state index contributed by atoms with van der Waals surface area (Å²) in [6.07, 6.45) is 0.590. The summed E-state index contributed by atoms with van der Waals surface area (Å²) in [7, 11) is 0. The van der Waals surface area contributed by atoms with Gasteiger partial charge in [0.25, 0.3) is 0 Å². The second-order valence-corrected chi connectivity index (χ2v) is 5.30. The monoisotopic (exact) mass is 265 g/mol. The third-order valence-corrected chi connectivity index (χ3v) is 3.27. The number of carboxylic acid groups (broad SMARTS) is 1. The van der Waals surface area contributed by atoms with Gasteiger partial charge >= 0.3 is 5.97 Å². The van der Waals surface area contributed by atoms with E-state index in [1.807, 2.05) is 18.2 Å². The molecule has 0 unspecified atom stereocenters. The Kier molecular flexibility index (Phi) is 3.95. The van der Waals surface area contributed by atoms with Crippen LogP contribution in [0.25, 0.3) is 0 Å². The SMILES string of the molecule is CC(C)(CCNCc1ccc2c(c1)OCO2)C(=O)O. The van der Waals surface area contributed by atoms with Crippen molar-refractivity contribution in [1.29, 1.82) is 0 Å². The minimum atomic E-state index is -0.766. The fraction of sp³-hybridized carbons (Fsp3) is 0.500. The highest BCUT2D eigenvalue weighted by molar-refractivity contribution is 5.73. The van der Waals surface area contributed by atoms with Gasteiger partial charge in [-0.25, -0.2) is 0 Å². The first kappa shape index (κ1) is 13.7. The molecule has 0 bridgehead atoms. The van der Waals surface area contributed by atoms with Gasteiger partial charge in [-0.2, -0.15) is 0 Å². The Morgan fingerprint density at radius 1 is 1.37 bits per heavy atom. The molecule has 0 aromatic heterocycles. The van der Waals surface area contributed by atoms with E-state index >= 15 is 0 Å². The Balaban J connectivity index is 1.79. The van der Waals surface area contributed by atoms with Crippen LogP contribution in [-0.4, -0.2) is 24.4 Å². The van der Waals surface area contributed by atoms with Crippen molar-refractivity contribution in [3.05, 3.63) is 23.8 Å². The molecule has 0 aliphatic carbocycles. The normalized spacial score (nSPS) is 13.6. The number of hydrogen-bond donors (Lipinski definition) is 2. The van der Waals surface area contributed by atoms with E-state index in [1.54, 1.807) is 13.8 Å². The summed E-state index contributed by atoms with van der Waals surface area (Å²) in [5.41, 5.74) is 0.402. The van der Waals surface area contributed by atoms with Gasteiger partial charge in [0.1, 0.15) is 0 Å². The number of carboxylic acids is 1. The molecular weight excluding hydrogens is 246 g/mol. The second-order valence-electron chi connectivity index (χ2n) is 5.30. The Morgan fingerprint density at radius 3 is 2.84 bits per heavy atom. The van der Waals surface area contributed by atoms with Crippen LogP contribution < -0.4 is 14.8 Å². The zero-order valence-electron chi connectivity index (χ0n) is 11.2. The summed E-state index contributed by atoms with van der Waals surface area (Å²) in [5, 5.41) is 12.2. The zero-order valence-corrected chi connectivity index (χ0v) is 11.2. The number of aliphatic carboxylic acids is 1. The Bertz CT molecular complexity index is 471. The number of ether oxygens (including phenoxy) is 2.